The van der Waals surface area contributed by atoms with Gasteiger partial charge in [-0.2, -0.15) is 0 Å². The van der Waals surface area contributed by atoms with E-state index in [0.717, 1.165) is 5.33 Å². The molecule has 0 fully saturated rings. The number of rotatable bonds is 2. The highest BCUT2D eigenvalue weighted by molar-refractivity contribution is 9.11. The summed E-state index contributed by atoms with van der Waals surface area (Å²) in [7, 11) is 0. The molecular weight excluding hydrogens is 344 g/mol. The van der Waals surface area contributed by atoms with Crippen LogP contribution in [-0.2, 0) is 5.33 Å². The van der Waals surface area contributed by atoms with Gasteiger partial charge in [0.1, 0.15) is 0 Å². The van der Waals surface area contributed by atoms with Gasteiger partial charge < -0.3 is 0 Å². The molecule has 2 rings (SSSR count). The largest absolute Gasteiger partial charge is 0.138 e. The second-order valence-corrected chi connectivity index (χ2v) is 6.14. The Morgan fingerprint density at radius 1 is 1.43 bits per heavy atom. The zero-order chi connectivity index (χ0) is 10.1. The van der Waals surface area contributed by atoms with Crippen molar-refractivity contribution in [1.82, 2.24) is 0 Å². The molecule has 0 bridgehead atoms. The molecule has 0 aliphatic rings. The van der Waals surface area contributed by atoms with Gasteiger partial charge >= 0.3 is 0 Å². The van der Waals surface area contributed by atoms with Crippen LogP contribution in [0.2, 0.25) is 0 Å². The molecule has 0 unspecified atom stereocenters. The van der Waals surface area contributed by atoms with E-state index >= 15 is 0 Å². The summed E-state index contributed by atoms with van der Waals surface area (Å²) in [4.78, 5) is 2.71. The van der Waals surface area contributed by atoms with Crippen molar-refractivity contribution in [3.05, 3.63) is 27.5 Å². The molecule has 0 saturated heterocycles. The lowest BCUT2D eigenvalue weighted by molar-refractivity contribution is 1.51. The van der Waals surface area contributed by atoms with Crippen LogP contribution in [0.4, 0.5) is 0 Å². The predicted octanol–water partition coefficient (Wildman–Crippen LogP) is 5.28. The van der Waals surface area contributed by atoms with Crippen molar-refractivity contribution < 1.29 is 0 Å². The minimum absolute atomic E-state index is 0.917. The average molecular weight is 352 g/mol. The van der Waals surface area contributed by atoms with Crippen LogP contribution >= 0.6 is 55.0 Å². The summed E-state index contributed by atoms with van der Waals surface area (Å²) in [6, 6.07) is 6.47. The van der Waals surface area contributed by atoms with Gasteiger partial charge in [-0.15, -0.1) is 23.1 Å². The van der Waals surface area contributed by atoms with Crippen molar-refractivity contribution in [1.29, 1.82) is 0 Å². The van der Waals surface area contributed by atoms with Crippen molar-refractivity contribution >= 4 is 65.0 Å². The Balaban J connectivity index is 2.79. The molecule has 74 valence electrons. The minimum Gasteiger partial charge on any atom is -0.138 e. The van der Waals surface area contributed by atoms with E-state index in [1.54, 1.807) is 11.8 Å². The van der Waals surface area contributed by atoms with E-state index in [4.69, 9.17) is 0 Å². The number of benzene rings is 1. The topological polar surface area (TPSA) is 0 Å². The van der Waals surface area contributed by atoms with Crippen LogP contribution in [0.1, 0.15) is 4.88 Å². The summed E-state index contributed by atoms with van der Waals surface area (Å²) in [6.45, 7) is 0. The number of fused-ring (bicyclic) bond motifs is 1. The van der Waals surface area contributed by atoms with Crippen LogP contribution in [0.15, 0.2) is 27.6 Å². The molecule has 0 saturated carbocycles. The van der Waals surface area contributed by atoms with Crippen LogP contribution in [0.25, 0.3) is 10.1 Å². The van der Waals surface area contributed by atoms with Crippen LogP contribution in [-0.4, -0.2) is 6.26 Å². The van der Waals surface area contributed by atoms with E-state index in [1.807, 2.05) is 11.3 Å². The predicted molar refractivity (Wildman–Crippen MR) is 73.9 cm³/mol. The Bertz CT molecular complexity index is 462. The van der Waals surface area contributed by atoms with Crippen molar-refractivity contribution in [2.45, 2.75) is 10.2 Å². The normalized spacial score (nSPS) is 11.1. The van der Waals surface area contributed by atoms with Crippen molar-refractivity contribution in [2.75, 3.05) is 6.26 Å². The Labute approximate surface area is 108 Å². The van der Waals surface area contributed by atoms with Gasteiger partial charge in [-0.05, 0) is 34.3 Å². The lowest BCUT2D eigenvalue weighted by Crippen LogP contribution is -1.73. The summed E-state index contributed by atoms with van der Waals surface area (Å²) in [6.07, 6.45) is 2.12. The van der Waals surface area contributed by atoms with Crippen molar-refractivity contribution in [2.24, 2.45) is 0 Å². The second kappa shape index (κ2) is 4.56. The molecule has 0 radical (unpaired) electrons. The fourth-order valence-electron chi connectivity index (χ4n) is 1.39. The quantitative estimate of drug-likeness (QED) is 0.523. The molecule has 2 aromatic rings. The van der Waals surface area contributed by atoms with Gasteiger partial charge in [0.05, 0.1) is 0 Å². The maximum atomic E-state index is 3.67. The van der Waals surface area contributed by atoms with Gasteiger partial charge in [0, 0.05) is 29.7 Å². The van der Waals surface area contributed by atoms with Gasteiger partial charge in [-0.25, -0.2) is 0 Å². The second-order valence-electron chi connectivity index (χ2n) is 2.81. The third kappa shape index (κ3) is 1.77. The fraction of sp³-hybridized carbons (Fsp3) is 0.200. The molecule has 4 heteroatoms. The van der Waals surface area contributed by atoms with E-state index in [1.165, 1.54) is 24.3 Å². The molecule has 0 amide bonds. The Morgan fingerprint density at radius 3 is 2.86 bits per heavy atom. The van der Waals surface area contributed by atoms with Crippen molar-refractivity contribution in [3.8, 4) is 0 Å². The fourth-order valence-corrected chi connectivity index (χ4v) is 5.13. The maximum absolute atomic E-state index is 3.67. The average Bonchev–Trinajstić information content (AvgIpc) is 2.55. The zero-order valence-electron chi connectivity index (χ0n) is 7.51. The lowest BCUT2D eigenvalue weighted by Gasteiger charge is -1.98. The van der Waals surface area contributed by atoms with E-state index in [2.05, 4.69) is 56.3 Å². The van der Waals surface area contributed by atoms with Crippen LogP contribution in [0.3, 0.4) is 0 Å². The van der Waals surface area contributed by atoms with Crippen LogP contribution < -0.4 is 0 Å². The lowest BCUT2D eigenvalue weighted by atomic mass is 10.2. The highest BCUT2D eigenvalue weighted by Crippen LogP contribution is 2.41. The molecule has 1 heterocycles. The SMILES string of the molecule is CSc1cccc2sc(CBr)c(Br)c12. The van der Waals surface area contributed by atoms with Gasteiger partial charge in [-0.1, -0.05) is 22.0 Å². The molecule has 14 heavy (non-hydrogen) atoms. The molecule has 0 aliphatic carbocycles. The maximum Gasteiger partial charge on any atom is 0.0413 e. The molecule has 0 aliphatic heterocycles. The summed E-state index contributed by atoms with van der Waals surface area (Å²) in [5.41, 5.74) is 0. The number of halogens is 2. The minimum atomic E-state index is 0.917. The first-order valence-electron chi connectivity index (χ1n) is 4.07. The Kier molecular flexibility index (Phi) is 3.58. The third-order valence-electron chi connectivity index (χ3n) is 2.03. The molecule has 1 aromatic carbocycles. The number of hydrogen-bond acceptors (Lipinski definition) is 2. The van der Waals surface area contributed by atoms with E-state index < -0.39 is 0 Å². The molecule has 0 spiro atoms. The van der Waals surface area contributed by atoms with E-state index in [0.29, 0.717) is 0 Å². The summed E-state index contributed by atoms with van der Waals surface area (Å²) in [5, 5.41) is 2.28. The summed E-state index contributed by atoms with van der Waals surface area (Å²) in [5.74, 6) is 0. The number of alkyl halides is 1. The third-order valence-corrected chi connectivity index (χ3v) is 6.03. The van der Waals surface area contributed by atoms with Gasteiger partial charge in [0.15, 0.2) is 0 Å². The molecule has 1 aromatic heterocycles. The smallest absolute Gasteiger partial charge is 0.0413 e. The van der Waals surface area contributed by atoms with Crippen LogP contribution in [0, 0.1) is 0 Å². The number of thioether (sulfide) groups is 1. The van der Waals surface area contributed by atoms with Crippen molar-refractivity contribution in [3.63, 3.8) is 0 Å². The molecule has 0 N–H and O–H groups in total. The first kappa shape index (κ1) is 11.0. The van der Waals surface area contributed by atoms with Crippen LogP contribution in [0.5, 0.6) is 0 Å². The first-order valence-corrected chi connectivity index (χ1v) is 8.03. The van der Waals surface area contributed by atoms with E-state index in [-0.39, 0.29) is 0 Å². The van der Waals surface area contributed by atoms with E-state index in [9.17, 15) is 0 Å². The molecule has 0 nitrogen and oxygen atoms in total. The number of hydrogen-bond donors (Lipinski definition) is 0. The highest BCUT2D eigenvalue weighted by Gasteiger charge is 2.11. The van der Waals surface area contributed by atoms with Gasteiger partial charge in [-0.3, -0.25) is 0 Å². The first-order chi connectivity index (χ1) is 6.77. The summed E-state index contributed by atoms with van der Waals surface area (Å²) < 4.78 is 2.61. The number of thiophene rings is 1. The Hall–Kier alpha value is 0.490. The standard InChI is InChI=1S/C10H8Br2S2/c1-13-6-3-2-4-7-9(6)10(12)8(5-11)14-7/h2-4H,5H2,1H3. The van der Waals surface area contributed by atoms with Gasteiger partial charge in [0.2, 0.25) is 0 Å². The zero-order valence-corrected chi connectivity index (χ0v) is 12.3. The highest BCUT2D eigenvalue weighted by atomic mass is 79.9. The molecular formula is C10H8Br2S2. The molecule has 0 atom stereocenters. The monoisotopic (exact) mass is 350 g/mol. The Morgan fingerprint density at radius 2 is 2.21 bits per heavy atom. The van der Waals surface area contributed by atoms with Gasteiger partial charge in [0.25, 0.3) is 0 Å². The summed E-state index contributed by atoms with van der Waals surface area (Å²) >= 11 is 10.8.